The number of benzene rings is 2. The lowest BCUT2D eigenvalue weighted by molar-refractivity contribution is -0.122. The number of amides is 2. The van der Waals surface area contributed by atoms with E-state index in [1.54, 1.807) is 36.4 Å². The van der Waals surface area contributed by atoms with Crippen LogP contribution in [0.4, 0.5) is 5.69 Å². The van der Waals surface area contributed by atoms with Crippen LogP contribution < -0.4 is 9.64 Å². The summed E-state index contributed by atoms with van der Waals surface area (Å²) in [5.41, 5.74) is 1.10. The zero-order chi connectivity index (χ0) is 22.8. The summed E-state index contributed by atoms with van der Waals surface area (Å²) in [5, 5.41) is 0. The van der Waals surface area contributed by atoms with Crippen molar-refractivity contribution in [2.45, 2.75) is 26.2 Å². The van der Waals surface area contributed by atoms with E-state index in [0.29, 0.717) is 22.9 Å². The van der Waals surface area contributed by atoms with E-state index in [9.17, 15) is 19.2 Å². The molecule has 7 heteroatoms. The van der Waals surface area contributed by atoms with E-state index in [1.165, 1.54) is 24.1 Å². The van der Waals surface area contributed by atoms with E-state index in [4.69, 9.17) is 9.47 Å². The molecule has 0 bridgehead atoms. The molecule has 1 heterocycles. The molecule has 1 saturated heterocycles. The number of carbonyl (C=O) groups is 4. The smallest absolute Gasteiger partial charge is 0.338 e. The van der Waals surface area contributed by atoms with Crippen molar-refractivity contribution in [3.8, 4) is 5.75 Å². The number of ketones is 1. The number of fused-ring (bicyclic) bond motifs is 1. The van der Waals surface area contributed by atoms with Crippen LogP contribution >= 0.6 is 0 Å². The van der Waals surface area contributed by atoms with Crippen LogP contribution in [0.25, 0.3) is 0 Å². The van der Waals surface area contributed by atoms with Gasteiger partial charge in [-0.15, -0.1) is 0 Å². The highest BCUT2D eigenvalue weighted by molar-refractivity contribution is 6.22. The van der Waals surface area contributed by atoms with Crippen molar-refractivity contribution in [1.29, 1.82) is 0 Å². The van der Waals surface area contributed by atoms with Crippen LogP contribution in [0.1, 0.15) is 46.9 Å². The molecule has 2 aromatic carbocycles. The van der Waals surface area contributed by atoms with Gasteiger partial charge in [-0.05, 0) is 73.7 Å². The first kappa shape index (κ1) is 21.7. The molecule has 3 atom stereocenters. The minimum atomic E-state index is -0.653. The van der Waals surface area contributed by atoms with Gasteiger partial charge in [0.2, 0.25) is 11.8 Å². The topological polar surface area (TPSA) is 90.0 Å². The maximum Gasteiger partial charge on any atom is 0.338 e. The van der Waals surface area contributed by atoms with Gasteiger partial charge in [0, 0.05) is 5.56 Å². The fraction of sp³-hybridized carbons (Fsp3) is 0.360. The van der Waals surface area contributed by atoms with Crippen molar-refractivity contribution in [2.75, 3.05) is 18.6 Å². The quantitative estimate of drug-likeness (QED) is 0.391. The first-order valence-corrected chi connectivity index (χ1v) is 10.7. The standard InChI is InChI=1S/C25H25NO6/c1-15-3-12-20-21(13-15)24(29)26(23(20)28)18-8-4-17(5-9-18)25(30)32-14-22(27)16-6-10-19(31-2)11-7-16/h4-11,15,20-21H,3,12-14H2,1-2H3/t15-,20-,21+/m1/s1. The summed E-state index contributed by atoms with van der Waals surface area (Å²) in [6, 6.07) is 12.7. The van der Waals surface area contributed by atoms with Crippen LogP contribution in [0.2, 0.25) is 0 Å². The zero-order valence-electron chi connectivity index (χ0n) is 18.1. The molecule has 2 aromatic rings. The van der Waals surface area contributed by atoms with Crippen LogP contribution in [0.15, 0.2) is 48.5 Å². The van der Waals surface area contributed by atoms with E-state index < -0.39 is 12.6 Å². The Morgan fingerprint density at radius 3 is 2.19 bits per heavy atom. The molecule has 0 N–H and O–H groups in total. The first-order chi connectivity index (χ1) is 15.4. The van der Waals surface area contributed by atoms with E-state index in [1.807, 2.05) is 0 Å². The molecular formula is C25H25NO6. The summed E-state index contributed by atoms with van der Waals surface area (Å²) in [6.07, 6.45) is 2.42. The number of imide groups is 1. The van der Waals surface area contributed by atoms with E-state index in [0.717, 1.165) is 19.3 Å². The summed E-state index contributed by atoms with van der Waals surface area (Å²) < 4.78 is 10.2. The normalized spacial score (nSPS) is 22.4. The maximum atomic E-state index is 12.8. The summed E-state index contributed by atoms with van der Waals surface area (Å²) in [5.74, 6) is -0.734. The number of nitrogens with zero attached hydrogens (tertiary/aromatic N) is 1. The molecule has 1 aliphatic heterocycles. The van der Waals surface area contributed by atoms with Gasteiger partial charge in [-0.2, -0.15) is 0 Å². The van der Waals surface area contributed by atoms with Crippen molar-refractivity contribution in [2.24, 2.45) is 17.8 Å². The average Bonchev–Trinajstić information content (AvgIpc) is 3.06. The lowest BCUT2D eigenvalue weighted by atomic mass is 9.76. The maximum absolute atomic E-state index is 12.8. The number of esters is 1. The summed E-state index contributed by atoms with van der Waals surface area (Å²) in [4.78, 5) is 51.4. The molecule has 0 radical (unpaired) electrons. The second-order valence-electron chi connectivity index (χ2n) is 8.42. The lowest BCUT2D eigenvalue weighted by Gasteiger charge is -2.25. The average molecular weight is 435 g/mol. The minimum absolute atomic E-state index is 0.160. The molecule has 2 aliphatic rings. The van der Waals surface area contributed by atoms with Gasteiger partial charge < -0.3 is 9.47 Å². The number of Topliss-reactive ketones (excluding diaryl/α,β-unsaturated/α-hetero) is 1. The number of anilines is 1. The summed E-state index contributed by atoms with van der Waals surface area (Å²) in [7, 11) is 1.53. The van der Waals surface area contributed by atoms with Gasteiger partial charge in [-0.3, -0.25) is 19.3 Å². The molecule has 0 aromatic heterocycles. The fourth-order valence-corrected chi connectivity index (χ4v) is 4.47. The number of hydrogen-bond donors (Lipinski definition) is 0. The van der Waals surface area contributed by atoms with Crippen molar-refractivity contribution < 1.29 is 28.7 Å². The molecule has 2 fully saturated rings. The molecule has 1 aliphatic carbocycles. The van der Waals surface area contributed by atoms with Crippen LogP contribution in [-0.2, 0) is 14.3 Å². The van der Waals surface area contributed by atoms with Crippen molar-refractivity contribution in [1.82, 2.24) is 0 Å². The highest BCUT2D eigenvalue weighted by Gasteiger charge is 2.49. The number of rotatable bonds is 6. The third-order valence-electron chi connectivity index (χ3n) is 6.30. The molecule has 0 unspecified atom stereocenters. The summed E-state index contributed by atoms with van der Waals surface area (Å²) in [6.45, 7) is 1.72. The molecular weight excluding hydrogens is 410 g/mol. The van der Waals surface area contributed by atoms with Crippen LogP contribution in [0, 0.1) is 17.8 Å². The van der Waals surface area contributed by atoms with Crippen LogP contribution in [0.5, 0.6) is 5.75 Å². The molecule has 1 saturated carbocycles. The number of hydrogen-bond acceptors (Lipinski definition) is 6. The van der Waals surface area contributed by atoms with Crippen LogP contribution in [-0.4, -0.2) is 37.3 Å². The number of carbonyl (C=O) groups excluding carboxylic acids is 4. The summed E-state index contributed by atoms with van der Waals surface area (Å²) >= 11 is 0. The third-order valence-corrected chi connectivity index (χ3v) is 6.30. The van der Waals surface area contributed by atoms with Crippen LogP contribution in [0.3, 0.4) is 0 Å². The van der Waals surface area contributed by atoms with Gasteiger partial charge in [0.15, 0.2) is 12.4 Å². The molecule has 7 nitrogen and oxygen atoms in total. The van der Waals surface area contributed by atoms with Gasteiger partial charge in [0.25, 0.3) is 0 Å². The highest BCUT2D eigenvalue weighted by atomic mass is 16.5. The van der Waals surface area contributed by atoms with E-state index in [-0.39, 0.29) is 35.0 Å². The highest BCUT2D eigenvalue weighted by Crippen LogP contribution is 2.42. The molecule has 4 rings (SSSR count). The SMILES string of the molecule is COc1ccc(C(=O)COC(=O)c2ccc(N3C(=O)[C@H]4C[C@H](C)CC[C@H]4C3=O)cc2)cc1. The monoisotopic (exact) mass is 435 g/mol. The lowest BCUT2D eigenvalue weighted by Crippen LogP contribution is -2.30. The van der Waals surface area contributed by atoms with E-state index in [2.05, 4.69) is 6.92 Å². The Kier molecular flexibility index (Phi) is 6.08. The Balaban J connectivity index is 1.39. The van der Waals surface area contributed by atoms with Gasteiger partial charge in [-0.1, -0.05) is 6.92 Å². The Morgan fingerprint density at radius 1 is 0.906 bits per heavy atom. The molecule has 0 spiro atoms. The van der Waals surface area contributed by atoms with Gasteiger partial charge in [-0.25, -0.2) is 4.79 Å². The van der Waals surface area contributed by atoms with Crippen molar-refractivity contribution in [3.05, 3.63) is 59.7 Å². The number of methoxy groups -OCH3 is 1. The molecule has 32 heavy (non-hydrogen) atoms. The Hall–Kier alpha value is -3.48. The second kappa shape index (κ2) is 8.94. The number of ether oxygens (including phenoxy) is 2. The van der Waals surface area contributed by atoms with E-state index >= 15 is 0 Å². The van der Waals surface area contributed by atoms with Gasteiger partial charge in [0.1, 0.15) is 5.75 Å². The second-order valence-corrected chi connectivity index (χ2v) is 8.42. The Bertz CT molecular complexity index is 1040. The van der Waals surface area contributed by atoms with Crippen molar-refractivity contribution >= 4 is 29.3 Å². The Morgan fingerprint density at radius 2 is 1.53 bits per heavy atom. The largest absolute Gasteiger partial charge is 0.497 e. The molecule has 2 amide bonds. The fourth-order valence-electron chi connectivity index (χ4n) is 4.47. The van der Waals surface area contributed by atoms with Gasteiger partial charge in [0.05, 0.1) is 30.2 Å². The van der Waals surface area contributed by atoms with Crippen molar-refractivity contribution in [3.63, 3.8) is 0 Å². The van der Waals surface area contributed by atoms with Gasteiger partial charge >= 0.3 is 5.97 Å². The first-order valence-electron chi connectivity index (χ1n) is 10.7. The predicted molar refractivity (Wildman–Crippen MR) is 117 cm³/mol. The predicted octanol–water partition coefficient (Wildman–Crippen LogP) is 3.66. The zero-order valence-corrected chi connectivity index (χ0v) is 18.1. The molecule has 166 valence electrons. The minimum Gasteiger partial charge on any atom is -0.497 e. The Labute approximate surface area is 186 Å². The third kappa shape index (κ3) is 4.15.